The molecule has 0 aliphatic carbocycles. The molecule has 0 spiro atoms. The zero-order chi connectivity index (χ0) is 11.4. The van der Waals surface area contributed by atoms with Crippen molar-refractivity contribution in [3.63, 3.8) is 0 Å². The first-order valence-electron chi connectivity index (χ1n) is 4.97. The summed E-state index contributed by atoms with van der Waals surface area (Å²) in [6.07, 6.45) is 0. The molecule has 0 atom stereocenters. The van der Waals surface area contributed by atoms with Crippen LogP contribution >= 0.6 is 23.4 Å². The SMILES string of the molecule is Nc1ccccc1SCc1cccc(Cl)c1. The number of hydrogen-bond donors (Lipinski definition) is 1. The Labute approximate surface area is 105 Å². The van der Waals surface area contributed by atoms with Crippen molar-refractivity contribution in [3.05, 3.63) is 59.1 Å². The van der Waals surface area contributed by atoms with E-state index in [-0.39, 0.29) is 0 Å². The fourth-order valence-corrected chi connectivity index (χ4v) is 2.52. The quantitative estimate of drug-likeness (QED) is 0.651. The van der Waals surface area contributed by atoms with Crippen molar-refractivity contribution >= 4 is 29.1 Å². The summed E-state index contributed by atoms with van der Waals surface area (Å²) < 4.78 is 0. The van der Waals surface area contributed by atoms with Crippen LogP contribution < -0.4 is 5.73 Å². The van der Waals surface area contributed by atoms with E-state index in [4.69, 9.17) is 17.3 Å². The van der Waals surface area contributed by atoms with Crippen LogP contribution in [0.15, 0.2) is 53.4 Å². The zero-order valence-electron chi connectivity index (χ0n) is 8.69. The van der Waals surface area contributed by atoms with Gasteiger partial charge in [-0.1, -0.05) is 35.9 Å². The molecule has 0 saturated carbocycles. The number of nitrogens with two attached hydrogens (primary N) is 1. The minimum absolute atomic E-state index is 0.777. The first-order valence-corrected chi connectivity index (χ1v) is 6.34. The molecule has 1 nitrogen and oxygen atoms in total. The highest BCUT2D eigenvalue weighted by Gasteiger charge is 2.00. The molecule has 0 saturated heterocycles. The molecule has 16 heavy (non-hydrogen) atoms. The van der Waals surface area contributed by atoms with Gasteiger partial charge in [-0.15, -0.1) is 11.8 Å². The third-order valence-electron chi connectivity index (χ3n) is 2.20. The number of anilines is 1. The summed E-state index contributed by atoms with van der Waals surface area (Å²) in [5.74, 6) is 0.884. The highest BCUT2D eigenvalue weighted by atomic mass is 35.5. The van der Waals surface area contributed by atoms with Gasteiger partial charge in [0.15, 0.2) is 0 Å². The second kappa shape index (κ2) is 5.28. The molecule has 0 aromatic heterocycles. The largest absolute Gasteiger partial charge is 0.398 e. The van der Waals surface area contributed by atoms with Crippen molar-refractivity contribution in [1.29, 1.82) is 0 Å². The molecule has 0 unspecified atom stereocenters. The Morgan fingerprint density at radius 3 is 2.62 bits per heavy atom. The normalized spacial score (nSPS) is 10.3. The maximum Gasteiger partial charge on any atom is 0.0452 e. The molecule has 0 fully saturated rings. The van der Waals surface area contributed by atoms with Crippen LogP contribution in [0.25, 0.3) is 0 Å². The molecule has 2 aromatic carbocycles. The van der Waals surface area contributed by atoms with Crippen molar-refractivity contribution < 1.29 is 0 Å². The van der Waals surface area contributed by atoms with Gasteiger partial charge in [0.2, 0.25) is 0 Å². The van der Waals surface area contributed by atoms with E-state index in [1.807, 2.05) is 42.5 Å². The van der Waals surface area contributed by atoms with Gasteiger partial charge < -0.3 is 5.73 Å². The summed E-state index contributed by atoms with van der Waals surface area (Å²) in [6.45, 7) is 0. The molecular weight excluding hydrogens is 238 g/mol. The number of para-hydroxylation sites is 1. The first-order chi connectivity index (χ1) is 7.75. The van der Waals surface area contributed by atoms with E-state index in [1.165, 1.54) is 5.56 Å². The van der Waals surface area contributed by atoms with Crippen LogP contribution in [0.1, 0.15) is 5.56 Å². The second-order valence-corrected chi connectivity index (χ2v) is 4.91. The van der Waals surface area contributed by atoms with Crippen LogP contribution in [-0.4, -0.2) is 0 Å². The van der Waals surface area contributed by atoms with Gasteiger partial charge in [0.1, 0.15) is 0 Å². The van der Waals surface area contributed by atoms with Gasteiger partial charge >= 0.3 is 0 Å². The third-order valence-corrected chi connectivity index (χ3v) is 3.60. The molecule has 0 aliphatic rings. The number of thioether (sulfide) groups is 1. The summed E-state index contributed by atoms with van der Waals surface area (Å²) in [7, 11) is 0. The molecule has 2 rings (SSSR count). The van der Waals surface area contributed by atoms with E-state index < -0.39 is 0 Å². The Balaban J connectivity index is 2.05. The lowest BCUT2D eigenvalue weighted by atomic mass is 10.2. The smallest absolute Gasteiger partial charge is 0.0452 e. The van der Waals surface area contributed by atoms with Gasteiger partial charge in [0.05, 0.1) is 0 Å². The molecule has 0 bridgehead atoms. The maximum absolute atomic E-state index is 5.92. The molecule has 0 aliphatic heterocycles. The first kappa shape index (κ1) is 11.4. The number of benzene rings is 2. The Hall–Kier alpha value is -1.12. The van der Waals surface area contributed by atoms with Crippen LogP contribution in [-0.2, 0) is 5.75 Å². The van der Waals surface area contributed by atoms with Crippen LogP contribution in [0.3, 0.4) is 0 Å². The number of rotatable bonds is 3. The average molecular weight is 250 g/mol. The summed E-state index contributed by atoms with van der Waals surface area (Å²) in [5, 5.41) is 0.777. The predicted molar refractivity (Wildman–Crippen MR) is 71.9 cm³/mol. The third kappa shape index (κ3) is 2.94. The Bertz CT molecular complexity index is 485. The summed E-state index contributed by atoms with van der Waals surface area (Å²) >= 11 is 7.65. The van der Waals surface area contributed by atoms with Gasteiger partial charge in [-0.3, -0.25) is 0 Å². The zero-order valence-corrected chi connectivity index (χ0v) is 10.3. The van der Waals surface area contributed by atoms with E-state index in [1.54, 1.807) is 11.8 Å². The monoisotopic (exact) mass is 249 g/mol. The number of halogens is 1. The lowest BCUT2D eigenvalue weighted by Gasteiger charge is -2.05. The Kier molecular flexibility index (Phi) is 3.75. The van der Waals surface area contributed by atoms with Gasteiger partial charge in [0.25, 0.3) is 0 Å². The lowest BCUT2D eigenvalue weighted by Crippen LogP contribution is -1.88. The van der Waals surface area contributed by atoms with E-state index in [2.05, 4.69) is 6.07 Å². The van der Waals surface area contributed by atoms with E-state index >= 15 is 0 Å². The molecule has 2 aromatic rings. The predicted octanol–water partition coefficient (Wildman–Crippen LogP) is 4.21. The highest BCUT2D eigenvalue weighted by molar-refractivity contribution is 7.98. The van der Waals surface area contributed by atoms with Gasteiger partial charge in [-0.25, -0.2) is 0 Å². The molecule has 0 heterocycles. The number of hydrogen-bond acceptors (Lipinski definition) is 2. The summed E-state index contributed by atoms with van der Waals surface area (Å²) in [5.41, 5.74) is 7.91. The molecule has 82 valence electrons. The topological polar surface area (TPSA) is 26.0 Å². The van der Waals surface area contributed by atoms with Crippen molar-refractivity contribution in [1.82, 2.24) is 0 Å². The van der Waals surface area contributed by atoms with E-state index in [0.717, 1.165) is 21.4 Å². The fraction of sp³-hybridized carbons (Fsp3) is 0.0769. The molecule has 0 radical (unpaired) electrons. The molecule has 0 amide bonds. The molecule has 3 heteroatoms. The highest BCUT2D eigenvalue weighted by Crippen LogP contribution is 2.28. The van der Waals surface area contributed by atoms with Gasteiger partial charge in [-0.2, -0.15) is 0 Å². The average Bonchev–Trinajstić information content (AvgIpc) is 2.28. The van der Waals surface area contributed by atoms with Crippen LogP contribution in [0.4, 0.5) is 5.69 Å². The Morgan fingerprint density at radius 1 is 1.06 bits per heavy atom. The van der Waals surface area contributed by atoms with Crippen molar-refractivity contribution in [2.75, 3.05) is 5.73 Å². The summed E-state index contributed by atoms with van der Waals surface area (Å²) in [6, 6.07) is 15.8. The van der Waals surface area contributed by atoms with Crippen LogP contribution in [0.2, 0.25) is 5.02 Å². The lowest BCUT2D eigenvalue weighted by molar-refractivity contribution is 1.38. The molecular formula is C13H12ClNS. The van der Waals surface area contributed by atoms with Gasteiger partial charge in [0, 0.05) is 21.4 Å². The van der Waals surface area contributed by atoms with Crippen molar-refractivity contribution in [2.45, 2.75) is 10.6 Å². The van der Waals surface area contributed by atoms with Crippen LogP contribution in [0.5, 0.6) is 0 Å². The minimum atomic E-state index is 0.777. The standard InChI is InChI=1S/C13H12ClNS/c14-11-5-3-4-10(8-11)9-16-13-7-2-1-6-12(13)15/h1-8H,9,15H2. The van der Waals surface area contributed by atoms with Crippen molar-refractivity contribution in [2.24, 2.45) is 0 Å². The maximum atomic E-state index is 5.92. The Morgan fingerprint density at radius 2 is 1.88 bits per heavy atom. The van der Waals surface area contributed by atoms with E-state index in [9.17, 15) is 0 Å². The fourth-order valence-electron chi connectivity index (χ4n) is 1.40. The number of nitrogen functional groups attached to an aromatic ring is 1. The van der Waals surface area contributed by atoms with Crippen LogP contribution in [0, 0.1) is 0 Å². The molecule has 2 N–H and O–H groups in total. The van der Waals surface area contributed by atoms with Gasteiger partial charge in [-0.05, 0) is 29.8 Å². The minimum Gasteiger partial charge on any atom is -0.398 e. The van der Waals surface area contributed by atoms with E-state index in [0.29, 0.717) is 0 Å². The van der Waals surface area contributed by atoms with Crippen molar-refractivity contribution in [3.8, 4) is 0 Å². The summed E-state index contributed by atoms with van der Waals surface area (Å²) in [4.78, 5) is 1.11. The second-order valence-electron chi connectivity index (χ2n) is 3.46.